The predicted molar refractivity (Wildman–Crippen MR) is 47.3 cm³/mol. The largest absolute Gasteiger partial charge is 0.359 e. The van der Waals surface area contributed by atoms with E-state index in [-0.39, 0.29) is 5.52 Å². The first-order valence-electron chi connectivity index (χ1n) is 3.72. The number of hydrogen-bond donors (Lipinski definition) is 1. The maximum atomic E-state index is 10.4. The highest BCUT2D eigenvalue weighted by Crippen LogP contribution is 2.02. The van der Waals surface area contributed by atoms with Crippen molar-refractivity contribution >= 4 is 21.2 Å². The van der Waals surface area contributed by atoms with Gasteiger partial charge in [-0.25, -0.2) is 0 Å². The summed E-state index contributed by atoms with van der Waals surface area (Å²) in [5.41, 5.74) is 0.161. The van der Waals surface area contributed by atoms with E-state index in [4.69, 9.17) is 0 Å². The molecule has 0 fully saturated rings. The summed E-state index contributed by atoms with van der Waals surface area (Å²) in [6, 6.07) is 0. The second-order valence-corrected chi connectivity index (χ2v) is 2.99. The van der Waals surface area contributed by atoms with Gasteiger partial charge in [0.25, 0.3) is 0 Å². The highest BCUT2D eigenvalue weighted by atomic mass is 31.0. The summed E-state index contributed by atoms with van der Waals surface area (Å²) in [4.78, 5) is 20.2. The fourth-order valence-corrected chi connectivity index (χ4v) is 0.966. The predicted octanol–water partition coefficient (Wildman–Crippen LogP) is 0.694. The zero-order valence-corrected chi connectivity index (χ0v) is 7.66. The average molecular weight is 175 g/mol. The smallest absolute Gasteiger partial charge is 0.207 e. The number of unbranched alkanes of at least 4 members (excludes halogenated alkanes) is 2. The van der Waals surface area contributed by atoms with Gasteiger partial charge in [0.15, 0.2) is 0 Å². The Morgan fingerprint density at radius 2 is 2.09 bits per heavy atom. The third-order valence-corrected chi connectivity index (χ3v) is 1.62. The number of amides is 1. The molecule has 1 amide bonds. The van der Waals surface area contributed by atoms with E-state index in [1.54, 1.807) is 0 Å². The Labute approximate surface area is 69.1 Å². The van der Waals surface area contributed by atoms with Crippen molar-refractivity contribution in [3.05, 3.63) is 0 Å². The molecule has 0 bridgehead atoms. The molecule has 4 heteroatoms. The molecular formula is C7H14NO2P. The van der Waals surface area contributed by atoms with Crippen molar-refractivity contribution in [1.82, 2.24) is 5.32 Å². The van der Waals surface area contributed by atoms with Gasteiger partial charge in [-0.15, -0.1) is 0 Å². The summed E-state index contributed by atoms with van der Waals surface area (Å²) in [6.07, 6.45) is 4.20. The molecule has 0 aliphatic rings. The molecule has 0 aromatic rings. The molecule has 64 valence electrons. The Balaban J connectivity index is 2.90. The minimum absolute atomic E-state index is 0.161. The zero-order valence-electron chi connectivity index (χ0n) is 6.51. The molecule has 0 aromatic carbocycles. The lowest BCUT2D eigenvalue weighted by atomic mass is 10.2. The normalized spacial score (nSPS) is 9.18. The fraction of sp³-hybridized carbons (Fsp3) is 0.714. The summed E-state index contributed by atoms with van der Waals surface area (Å²) in [5, 5.41) is 2.57. The van der Waals surface area contributed by atoms with E-state index in [0.29, 0.717) is 19.4 Å². The van der Waals surface area contributed by atoms with Gasteiger partial charge in [0.1, 0.15) is 5.52 Å². The molecular weight excluding hydrogens is 161 g/mol. The molecule has 0 saturated heterocycles. The molecule has 0 aliphatic carbocycles. The van der Waals surface area contributed by atoms with Crippen LogP contribution >= 0.6 is 9.24 Å². The van der Waals surface area contributed by atoms with Gasteiger partial charge in [0.05, 0.1) is 0 Å². The lowest BCUT2D eigenvalue weighted by Gasteiger charge is -1.97. The molecule has 0 aromatic heterocycles. The first-order chi connectivity index (χ1) is 5.27. The maximum absolute atomic E-state index is 10.4. The van der Waals surface area contributed by atoms with Crippen LogP contribution in [0, 0.1) is 0 Å². The highest BCUT2D eigenvalue weighted by molar-refractivity contribution is 7.40. The van der Waals surface area contributed by atoms with E-state index >= 15 is 0 Å². The van der Waals surface area contributed by atoms with Gasteiger partial charge in [0, 0.05) is 13.0 Å². The van der Waals surface area contributed by atoms with Crippen LogP contribution in [-0.4, -0.2) is 18.5 Å². The third kappa shape index (κ3) is 9.57. The van der Waals surface area contributed by atoms with Crippen molar-refractivity contribution in [2.24, 2.45) is 0 Å². The van der Waals surface area contributed by atoms with Crippen molar-refractivity contribution in [3.63, 3.8) is 0 Å². The van der Waals surface area contributed by atoms with Crippen LogP contribution in [0.3, 0.4) is 0 Å². The molecule has 1 N–H and O–H groups in total. The van der Waals surface area contributed by atoms with E-state index in [1.165, 1.54) is 0 Å². The van der Waals surface area contributed by atoms with Gasteiger partial charge in [-0.05, 0) is 12.8 Å². The molecule has 0 radical (unpaired) electrons. The summed E-state index contributed by atoms with van der Waals surface area (Å²) in [7, 11) is 2.15. The highest BCUT2D eigenvalue weighted by Gasteiger charge is 1.92. The van der Waals surface area contributed by atoms with E-state index in [1.807, 2.05) is 0 Å². The number of carbonyl (C=O) groups excluding carboxylic acids is 2. The summed E-state index contributed by atoms with van der Waals surface area (Å²) in [5.74, 6) is 0. The zero-order chi connectivity index (χ0) is 8.53. The molecule has 1 unspecified atom stereocenters. The number of carbonyl (C=O) groups is 2. The van der Waals surface area contributed by atoms with Crippen LogP contribution in [0.1, 0.15) is 25.7 Å². The first kappa shape index (κ1) is 10.6. The number of nitrogens with one attached hydrogen (secondary N) is 1. The minimum atomic E-state index is 0.161. The molecule has 0 saturated carbocycles. The summed E-state index contributed by atoms with van der Waals surface area (Å²) >= 11 is 0. The minimum Gasteiger partial charge on any atom is -0.359 e. The van der Waals surface area contributed by atoms with E-state index in [0.717, 1.165) is 19.3 Å². The van der Waals surface area contributed by atoms with Crippen LogP contribution in [0.2, 0.25) is 0 Å². The van der Waals surface area contributed by atoms with Gasteiger partial charge in [-0.1, -0.05) is 15.7 Å². The Hall–Kier alpha value is -0.430. The van der Waals surface area contributed by atoms with E-state index < -0.39 is 0 Å². The fourth-order valence-electron chi connectivity index (χ4n) is 0.762. The van der Waals surface area contributed by atoms with Gasteiger partial charge >= 0.3 is 0 Å². The summed E-state index contributed by atoms with van der Waals surface area (Å²) < 4.78 is 0. The monoisotopic (exact) mass is 175 g/mol. The maximum Gasteiger partial charge on any atom is 0.207 e. The van der Waals surface area contributed by atoms with Gasteiger partial charge in [-0.3, -0.25) is 9.59 Å². The second kappa shape index (κ2) is 7.67. The SMILES string of the molecule is O=CNCCCCCC(=O)P. The van der Waals surface area contributed by atoms with E-state index in [2.05, 4.69) is 14.6 Å². The van der Waals surface area contributed by atoms with Gasteiger partial charge in [0.2, 0.25) is 6.41 Å². The topological polar surface area (TPSA) is 46.2 Å². The van der Waals surface area contributed by atoms with Crippen LogP contribution < -0.4 is 5.32 Å². The van der Waals surface area contributed by atoms with Crippen molar-refractivity contribution in [3.8, 4) is 0 Å². The van der Waals surface area contributed by atoms with Crippen LogP contribution in [-0.2, 0) is 9.59 Å². The van der Waals surface area contributed by atoms with Crippen molar-refractivity contribution in [2.75, 3.05) is 6.54 Å². The Bertz CT molecular complexity index is 128. The van der Waals surface area contributed by atoms with Crippen LogP contribution in [0.5, 0.6) is 0 Å². The summed E-state index contributed by atoms with van der Waals surface area (Å²) in [6.45, 7) is 0.717. The quantitative estimate of drug-likeness (QED) is 0.351. The molecule has 0 heterocycles. The van der Waals surface area contributed by atoms with Crippen LogP contribution in [0.15, 0.2) is 0 Å². The van der Waals surface area contributed by atoms with Crippen molar-refractivity contribution < 1.29 is 9.59 Å². The molecule has 0 aliphatic heterocycles. The molecule has 0 rings (SSSR count). The standard InChI is InChI=1S/C7H14NO2P/c9-6-8-5-3-1-2-4-7(10)11/h6H,1-5,11H2,(H,8,9). The Morgan fingerprint density at radius 3 is 2.64 bits per heavy atom. The first-order valence-corrected chi connectivity index (χ1v) is 4.30. The number of rotatable bonds is 7. The molecule has 3 nitrogen and oxygen atoms in total. The second-order valence-electron chi connectivity index (χ2n) is 2.35. The van der Waals surface area contributed by atoms with Gasteiger partial charge < -0.3 is 5.32 Å². The molecule has 0 spiro atoms. The lowest BCUT2D eigenvalue weighted by Crippen LogP contribution is -2.11. The van der Waals surface area contributed by atoms with E-state index in [9.17, 15) is 9.59 Å². The lowest BCUT2D eigenvalue weighted by molar-refractivity contribution is -0.111. The Morgan fingerprint density at radius 1 is 1.36 bits per heavy atom. The van der Waals surface area contributed by atoms with Crippen LogP contribution in [0.4, 0.5) is 0 Å². The van der Waals surface area contributed by atoms with Crippen LogP contribution in [0.25, 0.3) is 0 Å². The van der Waals surface area contributed by atoms with Gasteiger partial charge in [-0.2, -0.15) is 0 Å². The average Bonchev–Trinajstić information content (AvgIpc) is 1.96. The van der Waals surface area contributed by atoms with Crippen molar-refractivity contribution in [1.29, 1.82) is 0 Å². The van der Waals surface area contributed by atoms with Crippen molar-refractivity contribution in [2.45, 2.75) is 25.7 Å². The Kier molecular flexibility index (Phi) is 7.37. The third-order valence-electron chi connectivity index (χ3n) is 1.33. The number of hydrogen-bond acceptors (Lipinski definition) is 2. The molecule has 11 heavy (non-hydrogen) atoms. The molecule has 1 atom stereocenters.